The standard InChI is InChI=1S/C24H26ClN5O3/c1-5-16-11-20(19-8-7-17(12-21(19)25)22-28-15(4)33-29-22)24(31)30(6-2)23(16)27-14(3)26-18-9-10-32-13-18/h5,7-8,11-12,18,26H,3,6,9-10,13H2,1-2,4H3/b16-5-,27-23+/t18-/m1/s1. The molecular formula is C24H26ClN5O3. The largest absolute Gasteiger partial charge is 0.379 e. The number of benzene rings is 1. The maximum absolute atomic E-state index is 13.4. The van der Waals surface area contributed by atoms with Crippen LogP contribution >= 0.6 is 11.6 Å². The van der Waals surface area contributed by atoms with Crippen LogP contribution in [0.25, 0.3) is 17.0 Å². The first-order valence-electron chi connectivity index (χ1n) is 10.8. The molecule has 0 bridgehead atoms. The van der Waals surface area contributed by atoms with Crippen molar-refractivity contribution in [2.24, 2.45) is 4.99 Å². The molecule has 0 aliphatic carbocycles. The normalized spacial score (nSPS) is 21.1. The van der Waals surface area contributed by atoms with E-state index < -0.39 is 0 Å². The van der Waals surface area contributed by atoms with E-state index in [0.717, 1.165) is 18.6 Å². The van der Waals surface area contributed by atoms with Gasteiger partial charge in [0.25, 0.3) is 5.91 Å². The predicted octanol–water partition coefficient (Wildman–Crippen LogP) is 4.14. The molecule has 172 valence electrons. The van der Waals surface area contributed by atoms with Crippen molar-refractivity contribution in [3.05, 3.63) is 64.8 Å². The summed E-state index contributed by atoms with van der Waals surface area (Å²) < 4.78 is 10.4. The number of allylic oxidation sites excluding steroid dienone is 1. The maximum atomic E-state index is 13.4. The van der Waals surface area contributed by atoms with E-state index in [-0.39, 0.29) is 11.9 Å². The lowest BCUT2D eigenvalue weighted by Crippen LogP contribution is -2.41. The van der Waals surface area contributed by atoms with Gasteiger partial charge in [-0.25, -0.2) is 4.99 Å². The number of hydrogen-bond acceptors (Lipinski definition) is 7. The first kappa shape index (κ1) is 22.9. The number of ether oxygens (including phenoxy) is 1. The molecule has 1 N–H and O–H groups in total. The molecule has 1 fully saturated rings. The van der Waals surface area contributed by atoms with Gasteiger partial charge in [0.15, 0.2) is 0 Å². The first-order chi connectivity index (χ1) is 15.9. The van der Waals surface area contributed by atoms with E-state index >= 15 is 0 Å². The number of amides is 1. The predicted molar refractivity (Wildman–Crippen MR) is 128 cm³/mol. The molecule has 0 radical (unpaired) electrons. The van der Waals surface area contributed by atoms with Crippen LogP contribution in [0.15, 0.2) is 57.8 Å². The van der Waals surface area contributed by atoms with Crippen LogP contribution in [0.3, 0.4) is 0 Å². The maximum Gasteiger partial charge on any atom is 0.260 e. The second-order valence-electron chi connectivity index (χ2n) is 7.77. The van der Waals surface area contributed by atoms with Gasteiger partial charge in [-0.05, 0) is 32.4 Å². The van der Waals surface area contributed by atoms with Crippen LogP contribution in [0.4, 0.5) is 0 Å². The fourth-order valence-electron chi connectivity index (χ4n) is 3.84. The number of halogens is 1. The molecule has 0 spiro atoms. The summed E-state index contributed by atoms with van der Waals surface area (Å²) in [6.45, 7) is 11.4. The Hall–Kier alpha value is -3.23. The van der Waals surface area contributed by atoms with Gasteiger partial charge in [-0.2, -0.15) is 4.98 Å². The lowest BCUT2D eigenvalue weighted by Gasteiger charge is -2.30. The van der Waals surface area contributed by atoms with Crippen LogP contribution < -0.4 is 5.32 Å². The Labute approximate surface area is 197 Å². The van der Waals surface area contributed by atoms with Gasteiger partial charge in [0.2, 0.25) is 11.7 Å². The Bertz CT molecular complexity index is 1170. The van der Waals surface area contributed by atoms with Crippen molar-refractivity contribution in [2.75, 3.05) is 19.8 Å². The molecule has 1 aromatic heterocycles. The number of rotatable bonds is 6. The Morgan fingerprint density at radius 1 is 1.45 bits per heavy atom. The number of aryl methyl sites for hydroxylation is 1. The summed E-state index contributed by atoms with van der Waals surface area (Å²) >= 11 is 6.60. The number of likely N-dealkylation sites (N-methyl/N-ethyl adjacent to an activating group) is 1. The third kappa shape index (κ3) is 4.77. The molecule has 2 aromatic rings. The molecule has 2 aliphatic heterocycles. The van der Waals surface area contributed by atoms with Crippen LogP contribution in [-0.4, -0.2) is 52.6 Å². The van der Waals surface area contributed by atoms with E-state index in [4.69, 9.17) is 20.9 Å². The topological polar surface area (TPSA) is 92.8 Å². The van der Waals surface area contributed by atoms with Crippen LogP contribution in [-0.2, 0) is 9.53 Å². The summed E-state index contributed by atoms with van der Waals surface area (Å²) in [7, 11) is 0. The summed E-state index contributed by atoms with van der Waals surface area (Å²) in [5.41, 5.74) is 2.64. The number of amidine groups is 1. The molecule has 2 aliphatic rings. The zero-order valence-corrected chi connectivity index (χ0v) is 19.6. The minimum absolute atomic E-state index is 0.177. The molecule has 1 atom stereocenters. The molecule has 4 rings (SSSR count). The number of aliphatic imine (C=N–C) groups is 1. The van der Waals surface area contributed by atoms with Crippen LogP contribution in [0.5, 0.6) is 0 Å². The molecule has 33 heavy (non-hydrogen) atoms. The zero-order valence-electron chi connectivity index (χ0n) is 18.9. The van der Waals surface area contributed by atoms with E-state index in [0.29, 0.717) is 58.2 Å². The van der Waals surface area contributed by atoms with Gasteiger partial charge in [-0.3, -0.25) is 9.69 Å². The van der Waals surface area contributed by atoms with E-state index in [1.807, 2.05) is 32.1 Å². The average Bonchev–Trinajstić information content (AvgIpc) is 3.46. The van der Waals surface area contributed by atoms with E-state index in [2.05, 4.69) is 27.0 Å². The average molecular weight is 468 g/mol. The molecule has 9 heteroatoms. The van der Waals surface area contributed by atoms with Gasteiger partial charge in [0.05, 0.1) is 12.6 Å². The summed E-state index contributed by atoms with van der Waals surface area (Å²) in [6, 6.07) is 5.54. The van der Waals surface area contributed by atoms with Gasteiger partial charge < -0.3 is 14.6 Å². The summed E-state index contributed by atoms with van der Waals surface area (Å²) in [6.07, 6.45) is 4.64. The van der Waals surface area contributed by atoms with Crippen molar-refractivity contribution >= 4 is 28.9 Å². The third-order valence-corrected chi connectivity index (χ3v) is 5.82. The molecular weight excluding hydrogens is 442 g/mol. The molecule has 1 saturated heterocycles. The van der Waals surface area contributed by atoms with Crippen molar-refractivity contribution < 1.29 is 14.1 Å². The molecule has 8 nitrogen and oxygen atoms in total. The van der Waals surface area contributed by atoms with Gasteiger partial charge in [-0.15, -0.1) is 0 Å². The Kier molecular flexibility index (Phi) is 6.76. The number of carbonyl (C=O) groups excluding carboxylic acids is 1. The minimum atomic E-state index is -0.177. The Balaban J connectivity index is 1.67. The van der Waals surface area contributed by atoms with E-state index in [1.54, 1.807) is 24.0 Å². The quantitative estimate of drug-likeness (QED) is 0.686. The van der Waals surface area contributed by atoms with Gasteiger partial charge >= 0.3 is 0 Å². The van der Waals surface area contributed by atoms with Crippen molar-refractivity contribution in [1.29, 1.82) is 0 Å². The second kappa shape index (κ2) is 9.72. The van der Waals surface area contributed by atoms with Crippen molar-refractivity contribution in [3.8, 4) is 11.4 Å². The summed E-state index contributed by atoms with van der Waals surface area (Å²) in [4.78, 5) is 24.0. The second-order valence-corrected chi connectivity index (χ2v) is 8.18. The first-order valence-corrected chi connectivity index (χ1v) is 11.2. The lowest BCUT2D eigenvalue weighted by molar-refractivity contribution is -0.121. The number of nitrogens with zero attached hydrogens (tertiary/aromatic N) is 4. The van der Waals surface area contributed by atoms with Gasteiger partial charge in [0.1, 0.15) is 11.7 Å². The number of aromatic nitrogens is 2. The smallest absolute Gasteiger partial charge is 0.260 e. The van der Waals surface area contributed by atoms with Crippen molar-refractivity contribution in [3.63, 3.8) is 0 Å². The van der Waals surface area contributed by atoms with Gasteiger partial charge in [0, 0.05) is 47.4 Å². The van der Waals surface area contributed by atoms with Crippen molar-refractivity contribution in [2.45, 2.75) is 33.2 Å². The highest BCUT2D eigenvalue weighted by Gasteiger charge is 2.31. The molecule has 1 amide bonds. The molecule has 0 unspecified atom stereocenters. The Morgan fingerprint density at radius 3 is 2.88 bits per heavy atom. The van der Waals surface area contributed by atoms with Crippen LogP contribution in [0, 0.1) is 6.92 Å². The number of carbonyl (C=O) groups is 1. The molecule has 3 heterocycles. The zero-order chi connectivity index (χ0) is 23.5. The SMILES string of the molecule is C=C(/N=C1\C(=C/C)C=C(c2ccc(-c3noc(C)n3)cc2Cl)C(=O)N1CC)N[C@@H]1CCOC1. The van der Waals surface area contributed by atoms with E-state index in [9.17, 15) is 4.79 Å². The number of nitrogens with one attached hydrogen (secondary N) is 1. The Morgan fingerprint density at radius 2 is 2.27 bits per heavy atom. The van der Waals surface area contributed by atoms with Crippen molar-refractivity contribution in [1.82, 2.24) is 20.4 Å². The molecule has 1 aromatic carbocycles. The summed E-state index contributed by atoms with van der Waals surface area (Å²) in [5, 5.41) is 7.62. The van der Waals surface area contributed by atoms with E-state index in [1.165, 1.54) is 0 Å². The van der Waals surface area contributed by atoms with Crippen LogP contribution in [0.1, 0.15) is 31.7 Å². The minimum Gasteiger partial charge on any atom is -0.379 e. The third-order valence-electron chi connectivity index (χ3n) is 5.50. The number of hydrogen-bond donors (Lipinski definition) is 1. The van der Waals surface area contributed by atoms with Crippen LogP contribution in [0.2, 0.25) is 5.02 Å². The van der Waals surface area contributed by atoms with Gasteiger partial charge in [-0.1, -0.05) is 41.5 Å². The molecule has 0 saturated carbocycles. The fraction of sp³-hybridized carbons (Fsp3) is 0.333. The lowest BCUT2D eigenvalue weighted by atomic mass is 9.95. The highest BCUT2D eigenvalue weighted by molar-refractivity contribution is 6.37. The monoisotopic (exact) mass is 467 g/mol. The highest BCUT2D eigenvalue weighted by atomic mass is 35.5. The highest BCUT2D eigenvalue weighted by Crippen LogP contribution is 2.33. The fourth-order valence-corrected chi connectivity index (χ4v) is 4.12. The summed E-state index contributed by atoms with van der Waals surface area (Å²) in [5.74, 6) is 1.79.